The van der Waals surface area contributed by atoms with E-state index >= 15 is 0 Å². The number of alkyl halides is 3. The summed E-state index contributed by atoms with van der Waals surface area (Å²) in [7, 11) is 0. The number of ketones is 2. The molecule has 60 heavy (non-hydrogen) atoms. The quantitative estimate of drug-likeness (QED) is 0.154. The van der Waals surface area contributed by atoms with Gasteiger partial charge in [0.2, 0.25) is 5.91 Å². The molecule has 1 aromatic heterocycles. The molecule has 2 saturated heterocycles. The minimum absolute atomic E-state index is 0.0232. The van der Waals surface area contributed by atoms with Gasteiger partial charge in [0.05, 0.1) is 29.9 Å². The smallest absolute Gasteiger partial charge is 0.419 e. The lowest BCUT2D eigenvalue weighted by molar-refractivity contribution is -0.138. The highest BCUT2D eigenvalue weighted by atomic mass is 35.5. The minimum atomic E-state index is -4.86. The molecule has 1 unspecified atom stereocenters. The molecule has 2 N–H and O–H groups in total. The topological polar surface area (TPSA) is 151 Å². The maximum absolute atomic E-state index is 13.8. The van der Waals surface area contributed by atoms with Gasteiger partial charge in [-0.2, -0.15) is 18.4 Å². The second-order valence-corrected chi connectivity index (χ2v) is 16.8. The van der Waals surface area contributed by atoms with Crippen molar-refractivity contribution in [3.8, 4) is 11.8 Å². The van der Waals surface area contributed by atoms with Crippen molar-refractivity contribution >= 4 is 75.1 Å². The third kappa shape index (κ3) is 8.56. The lowest BCUT2D eigenvalue weighted by Gasteiger charge is -2.39. The van der Waals surface area contributed by atoms with Gasteiger partial charge in [-0.1, -0.05) is 18.5 Å². The van der Waals surface area contributed by atoms with E-state index in [1.807, 2.05) is 13.0 Å². The van der Waals surface area contributed by atoms with Crippen LogP contribution in [-0.4, -0.2) is 99.7 Å². The number of pyridine rings is 1. The van der Waals surface area contributed by atoms with E-state index in [0.29, 0.717) is 73.3 Å². The predicted molar refractivity (Wildman–Crippen MR) is 223 cm³/mol. The lowest BCUT2D eigenvalue weighted by Crippen LogP contribution is -2.55. The normalized spacial score (nSPS) is 20.6. The lowest BCUT2D eigenvalue weighted by atomic mass is 9.93. The highest BCUT2D eigenvalue weighted by Crippen LogP contribution is 2.44. The summed E-state index contributed by atoms with van der Waals surface area (Å²) in [6.07, 6.45) is -1.06. The van der Waals surface area contributed by atoms with Crippen LogP contribution in [0.25, 0.3) is 0 Å². The molecule has 2 aliphatic heterocycles. The zero-order valence-electron chi connectivity index (χ0n) is 33.3. The average molecular weight is 865 g/mol. The third-order valence-electron chi connectivity index (χ3n) is 11.7. The molecule has 18 heteroatoms. The number of ether oxygens (including phenoxy) is 1. The Labute approximate surface area is 355 Å². The van der Waals surface area contributed by atoms with Crippen molar-refractivity contribution in [2.24, 2.45) is 0 Å². The van der Waals surface area contributed by atoms with Gasteiger partial charge in [-0.05, 0) is 99.8 Å². The Hall–Kier alpha value is -5.15. The van der Waals surface area contributed by atoms with Crippen molar-refractivity contribution in [2.75, 3.05) is 59.8 Å². The Bertz CT molecular complexity index is 2290. The number of rotatable bonds is 12. The molecule has 7 rings (SSSR count). The standard InChI is InChI=1S/C42H44ClF3N8O5S/c1-4-25-17-29(54-39(60)53(38(58)40(54,2)3)30-21-32(42(44,45)46)34(23-47)48-24-30)5-8-36(25)59-16-15-51-11-13-52(14-12-51)41(9-10-41)37(57)50-28-19-26(43)18-27(20-28)49-33-7-6-31(55)22-35(33)56/h5,8,17-21,24,33,49H,4,6-7,9-16,22H2,1-3H3,(H,50,57). The van der Waals surface area contributed by atoms with Gasteiger partial charge in [0, 0.05) is 61.2 Å². The number of Topliss-reactive ketones (excluding diaryl/α,β-unsaturated/α-hetero) is 2. The number of nitrogens with zero attached hydrogens (tertiary/aromatic N) is 6. The van der Waals surface area contributed by atoms with E-state index in [0.717, 1.165) is 48.7 Å². The number of hydrogen-bond donors (Lipinski definition) is 2. The molecule has 0 radical (unpaired) electrons. The SMILES string of the molecule is CCc1cc(N2C(=S)N(c3cnc(C#N)c(C(F)(F)F)c3)C(=O)C2(C)C)ccc1OCCN1CCN(C2(C(=O)Nc3cc(Cl)cc(NC4CCC(=O)CC4=O)c3)CC2)CC1. The third-order valence-corrected chi connectivity index (χ3v) is 12.2. The average Bonchev–Trinajstić information content (AvgIpc) is 3.99. The number of amides is 2. The van der Waals surface area contributed by atoms with Crippen LogP contribution < -0.4 is 25.2 Å². The first-order valence-corrected chi connectivity index (χ1v) is 20.6. The molecule has 2 aromatic carbocycles. The summed E-state index contributed by atoms with van der Waals surface area (Å²) >= 11 is 12.1. The van der Waals surface area contributed by atoms with Crippen LogP contribution in [-0.2, 0) is 31.8 Å². The molecular formula is C42H44ClF3N8O5S. The fraction of sp³-hybridized carbons (Fsp3) is 0.452. The number of aryl methyl sites for hydroxylation is 1. The van der Waals surface area contributed by atoms with Crippen molar-refractivity contribution in [3.05, 3.63) is 70.5 Å². The summed E-state index contributed by atoms with van der Waals surface area (Å²) in [5.74, 6) is -0.193. The van der Waals surface area contributed by atoms with Crippen molar-refractivity contribution in [2.45, 2.75) is 82.6 Å². The number of carbonyl (C=O) groups is 4. The predicted octanol–water partition coefficient (Wildman–Crippen LogP) is 6.37. The number of anilines is 4. The second kappa shape index (κ2) is 16.7. The van der Waals surface area contributed by atoms with Crippen LogP contribution in [0.15, 0.2) is 48.7 Å². The number of piperazine rings is 1. The molecule has 2 saturated carbocycles. The van der Waals surface area contributed by atoms with Crippen LogP contribution in [0, 0.1) is 11.3 Å². The molecule has 2 aliphatic carbocycles. The zero-order valence-corrected chi connectivity index (χ0v) is 34.9. The van der Waals surface area contributed by atoms with Gasteiger partial charge < -0.3 is 20.3 Å². The largest absolute Gasteiger partial charge is 0.492 e. The summed E-state index contributed by atoms with van der Waals surface area (Å²) in [4.78, 5) is 62.2. The Morgan fingerprint density at radius 1 is 1.05 bits per heavy atom. The molecule has 3 heterocycles. The number of carbonyl (C=O) groups excluding carboxylic acids is 4. The number of benzene rings is 2. The molecule has 316 valence electrons. The highest BCUT2D eigenvalue weighted by molar-refractivity contribution is 7.81. The van der Waals surface area contributed by atoms with Gasteiger partial charge in [0.1, 0.15) is 35.3 Å². The van der Waals surface area contributed by atoms with Crippen molar-refractivity contribution in [1.82, 2.24) is 14.8 Å². The second-order valence-electron chi connectivity index (χ2n) is 16.0. The van der Waals surface area contributed by atoms with Crippen LogP contribution in [0.1, 0.15) is 69.7 Å². The molecular weight excluding hydrogens is 821 g/mol. The maximum atomic E-state index is 13.8. The monoisotopic (exact) mass is 864 g/mol. The van der Waals surface area contributed by atoms with Gasteiger partial charge in [-0.25, -0.2) is 4.98 Å². The number of nitriles is 1. The fourth-order valence-corrected chi connectivity index (χ4v) is 8.92. The van der Waals surface area contributed by atoms with E-state index in [-0.39, 0.29) is 34.7 Å². The van der Waals surface area contributed by atoms with Crippen LogP contribution in [0.3, 0.4) is 0 Å². The zero-order chi connectivity index (χ0) is 43.1. The van der Waals surface area contributed by atoms with Gasteiger partial charge in [-0.3, -0.25) is 33.9 Å². The number of aromatic nitrogens is 1. The van der Waals surface area contributed by atoms with E-state index in [1.165, 1.54) is 6.07 Å². The number of hydrogen-bond acceptors (Lipinski definition) is 11. The Balaban J connectivity index is 0.932. The molecule has 1 atom stereocenters. The molecule has 0 bridgehead atoms. The van der Waals surface area contributed by atoms with Gasteiger partial charge in [0.15, 0.2) is 16.6 Å². The van der Waals surface area contributed by atoms with Crippen molar-refractivity contribution in [1.29, 1.82) is 5.26 Å². The van der Waals surface area contributed by atoms with Gasteiger partial charge in [0.25, 0.3) is 5.91 Å². The Morgan fingerprint density at radius 3 is 2.42 bits per heavy atom. The summed E-state index contributed by atoms with van der Waals surface area (Å²) < 4.78 is 47.5. The minimum Gasteiger partial charge on any atom is -0.492 e. The summed E-state index contributed by atoms with van der Waals surface area (Å²) in [5.41, 5.74) is -1.54. The molecule has 4 aliphatic rings. The maximum Gasteiger partial charge on any atom is 0.419 e. The first-order chi connectivity index (χ1) is 28.4. The summed E-state index contributed by atoms with van der Waals surface area (Å²) in [6, 6.07) is 12.2. The molecule has 2 amide bonds. The van der Waals surface area contributed by atoms with Gasteiger partial charge in [-0.15, -0.1) is 0 Å². The van der Waals surface area contributed by atoms with Crippen LogP contribution in [0.5, 0.6) is 5.75 Å². The summed E-state index contributed by atoms with van der Waals surface area (Å²) in [6.45, 7) is 9.18. The van der Waals surface area contributed by atoms with Crippen LogP contribution >= 0.6 is 23.8 Å². The molecule has 4 fully saturated rings. The Morgan fingerprint density at radius 2 is 1.77 bits per heavy atom. The highest BCUT2D eigenvalue weighted by Gasteiger charge is 2.55. The van der Waals surface area contributed by atoms with E-state index in [9.17, 15) is 37.6 Å². The summed E-state index contributed by atoms with van der Waals surface area (Å²) in [5, 5.41) is 15.8. The van der Waals surface area contributed by atoms with Crippen molar-refractivity contribution < 1.29 is 37.1 Å². The van der Waals surface area contributed by atoms with E-state index < -0.39 is 40.5 Å². The van der Waals surface area contributed by atoms with Crippen molar-refractivity contribution in [3.63, 3.8) is 0 Å². The fourth-order valence-electron chi connectivity index (χ4n) is 8.17. The number of nitrogens with one attached hydrogen (secondary N) is 2. The van der Waals surface area contributed by atoms with E-state index in [2.05, 4.69) is 25.4 Å². The van der Waals surface area contributed by atoms with Crippen LogP contribution in [0.4, 0.5) is 35.9 Å². The van der Waals surface area contributed by atoms with Gasteiger partial charge >= 0.3 is 6.18 Å². The van der Waals surface area contributed by atoms with Crippen LogP contribution in [0.2, 0.25) is 5.02 Å². The van der Waals surface area contributed by atoms with E-state index in [1.54, 1.807) is 49.1 Å². The molecule has 0 spiro atoms. The number of thiocarbonyl (C=S) groups is 1. The molecule has 3 aromatic rings. The van der Waals surface area contributed by atoms with E-state index in [4.69, 9.17) is 28.6 Å². The first kappa shape index (κ1) is 43.0. The number of halogens is 4. The Kier molecular flexibility index (Phi) is 12.0. The molecule has 13 nitrogen and oxygen atoms in total. The first-order valence-electron chi connectivity index (χ1n) is 19.8.